The average Bonchev–Trinajstić information content (AvgIpc) is 3.26. The highest BCUT2D eigenvalue weighted by molar-refractivity contribution is 7.98. The molecule has 8 heteroatoms. The molecular weight excluding hydrogens is 466 g/mol. The van der Waals surface area contributed by atoms with E-state index in [-0.39, 0.29) is 11.8 Å². The first-order valence-electron chi connectivity index (χ1n) is 11.8. The number of hydrogen-bond acceptors (Lipinski definition) is 6. The minimum Gasteiger partial charge on any atom is -0.372 e. The Hall–Kier alpha value is -2.77. The van der Waals surface area contributed by atoms with Crippen LogP contribution in [0.2, 0.25) is 5.02 Å². The van der Waals surface area contributed by atoms with E-state index in [2.05, 4.69) is 48.3 Å². The third-order valence-electron chi connectivity index (χ3n) is 6.50. The van der Waals surface area contributed by atoms with Crippen LogP contribution in [0.1, 0.15) is 50.3 Å². The third kappa shape index (κ3) is 4.34. The quantitative estimate of drug-likeness (QED) is 0.402. The van der Waals surface area contributed by atoms with E-state index in [1.807, 2.05) is 28.9 Å². The second-order valence-corrected chi connectivity index (χ2v) is 9.85. The second kappa shape index (κ2) is 9.84. The number of rotatable bonds is 7. The third-order valence-corrected chi connectivity index (χ3v) is 7.76. The fourth-order valence-electron chi connectivity index (χ4n) is 4.72. The number of halogens is 1. The number of carbonyl (C=O) groups excluding carboxylic acids is 1. The number of allylic oxidation sites excluding steroid dienone is 2. The predicted molar refractivity (Wildman–Crippen MR) is 139 cm³/mol. The topological polar surface area (TPSA) is 63.1 Å². The molecular formula is C26H28ClN5OS. The summed E-state index contributed by atoms with van der Waals surface area (Å²) in [6.07, 6.45) is 2.29. The van der Waals surface area contributed by atoms with Gasteiger partial charge in [0.05, 0.1) is 0 Å². The Morgan fingerprint density at radius 1 is 1.12 bits per heavy atom. The van der Waals surface area contributed by atoms with E-state index in [0.29, 0.717) is 23.3 Å². The summed E-state index contributed by atoms with van der Waals surface area (Å²) in [5.41, 5.74) is 5.08. The zero-order valence-corrected chi connectivity index (χ0v) is 21.0. The summed E-state index contributed by atoms with van der Waals surface area (Å²) < 4.78 is 1.88. The largest absolute Gasteiger partial charge is 0.372 e. The molecule has 2 aliphatic rings. The lowest BCUT2D eigenvalue weighted by molar-refractivity contribution is -0.116. The van der Waals surface area contributed by atoms with Gasteiger partial charge >= 0.3 is 0 Å². The number of aromatic nitrogens is 3. The molecule has 0 radical (unpaired) electrons. The lowest BCUT2D eigenvalue weighted by atomic mass is 9.85. The first-order valence-corrected chi connectivity index (χ1v) is 13.2. The highest BCUT2D eigenvalue weighted by atomic mass is 35.5. The van der Waals surface area contributed by atoms with Gasteiger partial charge in [-0.05, 0) is 56.0 Å². The van der Waals surface area contributed by atoms with Crippen LogP contribution in [0.5, 0.6) is 0 Å². The van der Waals surface area contributed by atoms with Crippen LogP contribution in [0, 0.1) is 0 Å². The molecule has 1 aromatic heterocycles. The van der Waals surface area contributed by atoms with Crippen molar-refractivity contribution < 1.29 is 4.79 Å². The Kier molecular flexibility index (Phi) is 6.66. The van der Waals surface area contributed by atoms with Gasteiger partial charge in [0.25, 0.3) is 0 Å². The number of benzene rings is 2. The van der Waals surface area contributed by atoms with Gasteiger partial charge in [-0.2, -0.15) is 4.98 Å². The zero-order valence-electron chi connectivity index (χ0n) is 19.4. The van der Waals surface area contributed by atoms with Crippen LogP contribution in [-0.4, -0.2) is 33.6 Å². The molecule has 3 aromatic rings. The monoisotopic (exact) mass is 493 g/mol. The van der Waals surface area contributed by atoms with Crippen LogP contribution in [0.3, 0.4) is 0 Å². The van der Waals surface area contributed by atoms with Crippen molar-refractivity contribution in [1.29, 1.82) is 0 Å². The summed E-state index contributed by atoms with van der Waals surface area (Å²) in [5.74, 6) is 1.56. The molecule has 0 spiro atoms. The van der Waals surface area contributed by atoms with Crippen molar-refractivity contribution in [1.82, 2.24) is 14.8 Å². The standard InChI is InChI=1S/C26H28ClN5OS/c1-3-31(4-2)19-14-12-17(13-15-19)24-23-21(10-7-11-22(23)33)28-25-29-26(30-32(24)25)34-16-18-8-5-6-9-20(18)27/h5-6,8-9,12-15,24H,3-4,7,10-11,16H2,1-2H3,(H,28,29,30). The molecule has 2 aromatic carbocycles. The first kappa shape index (κ1) is 23.0. The lowest BCUT2D eigenvalue weighted by Crippen LogP contribution is -2.31. The molecule has 34 heavy (non-hydrogen) atoms. The van der Waals surface area contributed by atoms with Gasteiger partial charge in [-0.1, -0.05) is 53.7 Å². The van der Waals surface area contributed by atoms with Crippen LogP contribution in [0.4, 0.5) is 11.6 Å². The fourth-order valence-corrected chi connectivity index (χ4v) is 5.83. The molecule has 0 fully saturated rings. The number of nitrogens with one attached hydrogen (secondary N) is 1. The van der Waals surface area contributed by atoms with Gasteiger partial charge in [-0.15, -0.1) is 5.10 Å². The molecule has 0 saturated heterocycles. The highest BCUT2D eigenvalue weighted by Gasteiger charge is 2.36. The first-order chi connectivity index (χ1) is 16.6. The van der Waals surface area contributed by atoms with Gasteiger partial charge in [0.15, 0.2) is 5.78 Å². The number of thioether (sulfide) groups is 1. The molecule has 2 heterocycles. The SMILES string of the molecule is CCN(CC)c1ccc(C2C3=C(CCCC3=O)Nc3nc(SCc4ccccc4Cl)nn32)cc1. The molecule has 1 aliphatic carbocycles. The van der Waals surface area contributed by atoms with Crippen LogP contribution < -0.4 is 10.2 Å². The van der Waals surface area contributed by atoms with Crippen molar-refractivity contribution in [3.8, 4) is 0 Å². The minimum absolute atomic E-state index is 0.193. The molecule has 1 N–H and O–H groups in total. The van der Waals surface area contributed by atoms with Gasteiger partial charge in [-0.25, -0.2) is 4.68 Å². The minimum atomic E-state index is -0.271. The van der Waals surface area contributed by atoms with Crippen molar-refractivity contribution in [2.45, 2.75) is 50.1 Å². The summed E-state index contributed by atoms with van der Waals surface area (Å²) >= 11 is 7.88. The predicted octanol–water partition coefficient (Wildman–Crippen LogP) is 6.09. The highest BCUT2D eigenvalue weighted by Crippen LogP contribution is 2.41. The van der Waals surface area contributed by atoms with Crippen molar-refractivity contribution in [3.05, 3.63) is 76.0 Å². The fraction of sp³-hybridized carbons (Fsp3) is 0.346. The summed E-state index contributed by atoms with van der Waals surface area (Å²) in [6.45, 7) is 6.23. The summed E-state index contributed by atoms with van der Waals surface area (Å²) in [5, 5.41) is 9.65. The summed E-state index contributed by atoms with van der Waals surface area (Å²) in [6, 6.07) is 16.1. The van der Waals surface area contributed by atoms with Crippen molar-refractivity contribution >= 4 is 40.8 Å². The Morgan fingerprint density at radius 2 is 1.88 bits per heavy atom. The van der Waals surface area contributed by atoms with Crippen molar-refractivity contribution in [2.24, 2.45) is 0 Å². The maximum absolute atomic E-state index is 13.1. The van der Waals surface area contributed by atoms with Gasteiger partial charge in [0, 0.05) is 47.2 Å². The lowest BCUT2D eigenvalue weighted by Gasteiger charge is -2.32. The molecule has 0 amide bonds. The van der Waals surface area contributed by atoms with Gasteiger partial charge in [0.1, 0.15) is 6.04 Å². The van der Waals surface area contributed by atoms with E-state index in [1.54, 1.807) is 11.8 Å². The molecule has 0 bridgehead atoms. The number of fused-ring (bicyclic) bond motifs is 1. The number of nitrogens with zero attached hydrogens (tertiary/aromatic N) is 4. The van der Waals surface area contributed by atoms with Crippen LogP contribution >= 0.6 is 23.4 Å². The van der Waals surface area contributed by atoms with Crippen LogP contribution in [-0.2, 0) is 10.5 Å². The van der Waals surface area contributed by atoms with Crippen molar-refractivity contribution in [2.75, 3.05) is 23.3 Å². The van der Waals surface area contributed by atoms with E-state index in [1.165, 1.54) is 5.69 Å². The molecule has 1 atom stereocenters. The number of carbonyl (C=O) groups is 1. The zero-order chi connectivity index (χ0) is 23.7. The van der Waals surface area contributed by atoms with E-state index < -0.39 is 0 Å². The smallest absolute Gasteiger partial charge is 0.227 e. The number of anilines is 2. The van der Waals surface area contributed by atoms with Crippen molar-refractivity contribution in [3.63, 3.8) is 0 Å². The molecule has 1 unspecified atom stereocenters. The van der Waals surface area contributed by atoms with E-state index in [9.17, 15) is 4.79 Å². The maximum Gasteiger partial charge on any atom is 0.227 e. The Labute approximate surface area is 209 Å². The van der Waals surface area contributed by atoms with Gasteiger partial charge in [0.2, 0.25) is 11.1 Å². The normalized spacial score (nSPS) is 17.3. The molecule has 0 saturated carbocycles. The Bertz CT molecular complexity index is 1230. The molecule has 176 valence electrons. The van der Waals surface area contributed by atoms with Crippen LogP contribution in [0.15, 0.2) is 65.0 Å². The van der Waals surface area contributed by atoms with Gasteiger partial charge < -0.3 is 10.2 Å². The number of hydrogen-bond donors (Lipinski definition) is 1. The number of Topliss-reactive ketones (excluding diaryl/α,β-unsaturated/α-hetero) is 1. The Morgan fingerprint density at radius 3 is 2.62 bits per heavy atom. The maximum atomic E-state index is 13.1. The molecule has 6 nitrogen and oxygen atoms in total. The molecule has 1 aliphatic heterocycles. The average molecular weight is 494 g/mol. The second-order valence-electron chi connectivity index (χ2n) is 8.50. The Balaban J connectivity index is 1.49. The van der Waals surface area contributed by atoms with E-state index in [0.717, 1.165) is 53.4 Å². The number of ketones is 1. The van der Waals surface area contributed by atoms with E-state index in [4.69, 9.17) is 21.7 Å². The van der Waals surface area contributed by atoms with E-state index >= 15 is 0 Å². The molecule has 5 rings (SSSR count). The summed E-state index contributed by atoms with van der Waals surface area (Å²) in [7, 11) is 0. The van der Waals surface area contributed by atoms with Crippen LogP contribution in [0.25, 0.3) is 0 Å². The van der Waals surface area contributed by atoms with Gasteiger partial charge in [-0.3, -0.25) is 4.79 Å². The summed E-state index contributed by atoms with van der Waals surface area (Å²) in [4.78, 5) is 20.1.